The van der Waals surface area contributed by atoms with Gasteiger partial charge < -0.3 is 4.90 Å². The first-order chi connectivity index (χ1) is 7.31. The molecule has 0 aliphatic carbocycles. The third-order valence-corrected chi connectivity index (χ3v) is 2.88. The summed E-state index contributed by atoms with van der Waals surface area (Å²) in [4.78, 5) is 14.3. The Labute approximate surface area is 101 Å². The second kappa shape index (κ2) is 6.93. The average molecular weight is 227 g/mol. The summed E-state index contributed by atoms with van der Waals surface area (Å²) < 4.78 is 0. The fraction of sp³-hybridized carbons (Fsp3) is 0.929. The summed E-state index contributed by atoms with van der Waals surface area (Å²) in [6.45, 7) is 13.8. The van der Waals surface area contributed by atoms with Crippen molar-refractivity contribution < 1.29 is 4.79 Å². The molecule has 96 valence electrons. The Morgan fingerprint density at radius 2 is 1.81 bits per heavy atom. The Bertz CT molecular complexity index is 205. The van der Waals surface area contributed by atoms with Crippen LogP contribution >= 0.6 is 0 Å². The molecule has 0 aliphatic rings. The van der Waals surface area contributed by atoms with Crippen LogP contribution in [0.15, 0.2) is 0 Å². The maximum Gasteiger partial charge on any atom is 0.223 e. The van der Waals surface area contributed by atoms with Crippen molar-refractivity contribution in [1.82, 2.24) is 4.90 Å². The van der Waals surface area contributed by atoms with Crippen LogP contribution in [0.1, 0.15) is 67.2 Å². The van der Waals surface area contributed by atoms with E-state index < -0.39 is 0 Å². The highest BCUT2D eigenvalue weighted by Gasteiger charge is 2.23. The summed E-state index contributed by atoms with van der Waals surface area (Å²) in [6, 6.07) is 0.376. The molecule has 0 bridgehead atoms. The lowest BCUT2D eigenvalue weighted by Crippen LogP contribution is -2.40. The van der Waals surface area contributed by atoms with Crippen LogP contribution in [0.25, 0.3) is 0 Å². The van der Waals surface area contributed by atoms with Crippen LogP contribution in [0.2, 0.25) is 0 Å². The van der Waals surface area contributed by atoms with E-state index in [-0.39, 0.29) is 5.41 Å². The molecule has 0 aromatic carbocycles. The number of carbonyl (C=O) groups is 1. The van der Waals surface area contributed by atoms with E-state index in [9.17, 15) is 4.79 Å². The van der Waals surface area contributed by atoms with E-state index in [0.717, 1.165) is 25.8 Å². The van der Waals surface area contributed by atoms with Crippen LogP contribution in [0.5, 0.6) is 0 Å². The molecule has 0 fully saturated rings. The molecule has 0 radical (unpaired) electrons. The minimum absolute atomic E-state index is 0.0923. The topological polar surface area (TPSA) is 20.3 Å². The lowest BCUT2D eigenvalue weighted by atomic mass is 9.91. The molecule has 0 saturated heterocycles. The van der Waals surface area contributed by atoms with Gasteiger partial charge in [-0.05, 0) is 25.2 Å². The van der Waals surface area contributed by atoms with Gasteiger partial charge in [-0.2, -0.15) is 0 Å². The van der Waals surface area contributed by atoms with Crippen molar-refractivity contribution in [3.63, 3.8) is 0 Å². The molecule has 0 rings (SSSR count). The Morgan fingerprint density at radius 3 is 2.19 bits per heavy atom. The highest BCUT2D eigenvalue weighted by Crippen LogP contribution is 2.21. The molecule has 0 saturated carbocycles. The summed E-state index contributed by atoms with van der Waals surface area (Å²) in [6.07, 6.45) is 3.95. The van der Waals surface area contributed by atoms with Crippen molar-refractivity contribution in [3.8, 4) is 0 Å². The minimum Gasteiger partial charge on any atom is -0.340 e. The molecule has 1 atom stereocenters. The second-order valence-corrected chi connectivity index (χ2v) is 5.94. The van der Waals surface area contributed by atoms with Gasteiger partial charge in [0.1, 0.15) is 0 Å². The van der Waals surface area contributed by atoms with Gasteiger partial charge in [0.25, 0.3) is 0 Å². The number of nitrogens with zero attached hydrogens (tertiary/aromatic N) is 1. The van der Waals surface area contributed by atoms with Gasteiger partial charge in [0.2, 0.25) is 5.91 Å². The summed E-state index contributed by atoms with van der Waals surface area (Å²) in [5.74, 6) is 0.315. The van der Waals surface area contributed by atoms with E-state index in [0.29, 0.717) is 18.4 Å². The van der Waals surface area contributed by atoms with Crippen molar-refractivity contribution in [2.75, 3.05) is 6.54 Å². The lowest BCUT2D eigenvalue weighted by Gasteiger charge is -2.31. The first-order valence-electron chi connectivity index (χ1n) is 6.61. The van der Waals surface area contributed by atoms with Crippen LogP contribution < -0.4 is 0 Å². The minimum atomic E-state index is 0.0923. The quantitative estimate of drug-likeness (QED) is 0.675. The highest BCUT2D eigenvalue weighted by molar-refractivity contribution is 5.77. The van der Waals surface area contributed by atoms with E-state index in [2.05, 4.69) is 46.4 Å². The van der Waals surface area contributed by atoms with Crippen molar-refractivity contribution in [2.45, 2.75) is 73.3 Å². The van der Waals surface area contributed by atoms with E-state index in [4.69, 9.17) is 0 Å². The molecule has 16 heavy (non-hydrogen) atoms. The Morgan fingerprint density at radius 1 is 1.25 bits per heavy atom. The molecule has 0 heterocycles. The second-order valence-electron chi connectivity index (χ2n) is 5.94. The van der Waals surface area contributed by atoms with Gasteiger partial charge in [-0.3, -0.25) is 4.79 Å². The normalized spacial score (nSPS) is 13.6. The largest absolute Gasteiger partial charge is 0.340 e. The number of hydrogen-bond acceptors (Lipinski definition) is 1. The summed E-state index contributed by atoms with van der Waals surface area (Å²) in [5.41, 5.74) is 0.0923. The monoisotopic (exact) mass is 227 g/mol. The van der Waals surface area contributed by atoms with Crippen LogP contribution in [0.4, 0.5) is 0 Å². The van der Waals surface area contributed by atoms with Crippen molar-refractivity contribution in [3.05, 3.63) is 0 Å². The molecule has 1 amide bonds. The summed E-state index contributed by atoms with van der Waals surface area (Å²) in [5, 5.41) is 0. The van der Waals surface area contributed by atoms with Gasteiger partial charge >= 0.3 is 0 Å². The van der Waals surface area contributed by atoms with Crippen LogP contribution in [-0.4, -0.2) is 23.4 Å². The Hall–Kier alpha value is -0.530. The van der Waals surface area contributed by atoms with Crippen LogP contribution in [-0.2, 0) is 4.79 Å². The first-order valence-corrected chi connectivity index (χ1v) is 6.61. The molecule has 0 aliphatic heterocycles. The maximum atomic E-state index is 12.2. The number of unbranched alkanes of at least 4 members (excludes halogenated alkanes) is 1. The summed E-state index contributed by atoms with van der Waals surface area (Å²) >= 11 is 0. The highest BCUT2D eigenvalue weighted by atomic mass is 16.2. The van der Waals surface area contributed by atoms with E-state index >= 15 is 0 Å². The van der Waals surface area contributed by atoms with Crippen LogP contribution in [0, 0.1) is 5.41 Å². The zero-order valence-electron chi connectivity index (χ0n) is 12.0. The van der Waals surface area contributed by atoms with Crippen molar-refractivity contribution in [2.24, 2.45) is 5.41 Å². The van der Waals surface area contributed by atoms with E-state index in [1.807, 2.05) is 0 Å². The maximum absolute atomic E-state index is 12.2. The predicted molar refractivity (Wildman–Crippen MR) is 70.4 cm³/mol. The zero-order chi connectivity index (χ0) is 12.8. The lowest BCUT2D eigenvalue weighted by molar-refractivity contribution is -0.135. The molecule has 0 aromatic heterocycles. The Kier molecular flexibility index (Phi) is 6.70. The molecule has 2 nitrogen and oxygen atoms in total. The third-order valence-electron chi connectivity index (χ3n) is 2.88. The van der Waals surface area contributed by atoms with Crippen molar-refractivity contribution >= 4 is 5.91 Å². The van der Waals surface area contributed by atoms with Crippen LogP contribution in [0.3, 0.4) is 0 Å². The molecular formula is C14H29NO. The number of carbonyl (C=O) groups excluding carboxylic acids is 1. The Balaban J connectivity index is 4.43. The van der Waals surface area contributed by atoms with E-state index in [1.165, 1.54) is 0 Å². The standard InChI is InChI=1S/C14H29NO/c1-7-9-10-15(12(3)8-2)13(16)11-14(4,5)6/h12H,7-11H2,1-6H3. The van der Waals surface area contributed by atoms with Gasteiger partial charge in [0.05, 0.1) is 0 Å². The van der Waals surface area contributed by atoms with Gasteiger partial charge in [0.15, 0.2) is 0 Å². The fourth-order valence-electron chi connectivity index (χ4n) is 1.69. The predicted octanol–water partition coefficient (Wildman–Crippen LogP) is 3.85. The molecule has 0 N–H and O–H groups in total. The first kappa shape index (κ1) is 15.5. The van der Waals surface area contributed by atoms with E-state index in [1.54, 1.807) is 0 Å². The van der Waals surface area contributed by atoms with Crippen molar-refractivity contribution in [1.29, 1.82) is 0 Å². The van der Waals surface area contributed by atoms with Gasteiger partial charge in [-0.25, -0.2) is 0 Å². The summed E-state index contributed by atoms with van der Waals surface area (Å²) in [7, 11) is 0. The third kappa shape index (κ3) is 6.14. The molecule has 1 unspecified atom stereocenters. The smallest absolute Gasteiger partial charge is 0.223 e. The van der Waals surface area contributed by atoms with Gasteiger partial charge in [-0.1, -0.05) is 41.0 Å². The number of hydrogen-bond donors (Lipinski definition) is 0. The average Bonchev–Trinajstić information content (AvgIpc) is 2.15. The number of amides is 1. The molecule has 0 spiro atoms. The zero-order valence-corrected chi connectivity index (χ0v) is 12.0. The molecule has 0 aromatic rings. The van der Waals surface area contributed by atoms with Gasteiger partial charge in [0, 0.05) is 19.0 Å². The fourth-order valence-corrected chi connectivity index (χ4v) is 1.69. The van der Waals surface area contributed by atoms with Gasteiger partial charge in [-0.15, -0.1) is 0 Å². The molecular weight excluding hydrogens is 198 g/mol. The number of rotatable bonds is 6. The molecule has 2 heteroatoms. The SMILES string of the molecule is CCCCN(C(=O)CC(C)(C)C)C(C)CC.